The van der Waals surface area contributed by atoms with Gasteiger partial charge in [-0.3, -0.25) is 18.9 Å². The van der Waals surface area contributed by atoms with Gasteiger partial charge < -0.3 is 15.4 Å². The molecule has 0 aromatic carbocycles. The summed E-state index contributed by atoms with van der Waals surface area (Å²) in [6.45, 7) is 3.94. The van der Waals surface area contributed by atoms with Gasteiger partial charge in [-0.25, -0.2) is 0 Å². The highest BCUT2D eigenvalue weighted by Gasteiger charge is 2.19. The minimum Gasteiger partial charge on any atom is -0.462 e. The van der Waals surface area contributed by atoms with Crippen LogP contribution in [0.1, 0.15) is 200 Å². The summed E-state index contributed by atoms with van der Waals surface area (Å²) in [6, 6.07) is 0. The molecule has 284 valence electrons. The molecule has 3 N–H and O–H groups in total. The van der Waals surface area contributed by atoms with Gasteiger partial charge in [0.2, 0.25) is 11.8 Å². The van der Waals surface area contributed by atoms with Crippen molar-refractivity contribution in [2.45, 2.75) is 206 Å². The molecule has 9 nitrogen and oxygen atoms in total. The van der Waals surface area contributed by atoms with Crippen molar-refractivity contribution in [1.82, 2.24) is 10.6 Å². The van der Waals surface area contributed by atoms with Crippen molar-refractivity contribution in [2.75, 3.05) is 18.8 Å². The molecule has 0 aromatic heterocycles. The van der Waals surface area contributed by atoms with E-state index >= 15 is 0 Å². The molecule has 0 saturated heterocycles. The quantitative estimate of drug-likeness (QED) is 0.0336. The second-order valence-electron chi connectivity index (χ2n) is 13.8. The molecule has 1 atom stereocenters. The second kappa shape index (κ2) is 33.8. The molecular formula is C38H74N2O7S. The third kappa shape index (κ3) is 35.6. The highest BCUT2D eigenvalue weighted by atomic mass is 32.2. The first kappa shape index (κ1) is 46.3. The number of carbonyl (C=O) groups excluding carboxylic acids is 3. The summed E-state index contributed by atoms with van der Waals surface area (Å²) in [4.78, 5) is 37.1. The first-order valence-corrected chi connectivity index (χ1v) is 21.5. The molecule has 0 aliphatic heterocycles. The highest BCUT2D eigenvalue weighted by molar-refractivity contribution is 7.85. The maximum atomic E-state index is 12.6. The number of hydrogen-bond acceptors (Lipinski definition) is 6. The van der Waals surface area contributed by atoms with Gasteiger partial charge in [-0.1, -0.05) is 168 Å². The second-order valence-corrected chi connectivity index (χ2v) is 15.3. The van der Waals surface area contributed by atoms with Gasteiger partial charge >= 0.3 is 5.97 Å². The Balaban J connectivity index is 4.32. The van der Waals surface area contributed by atoms with Crippen molar-refractivity contribution in [3.63, 3.8) is 0 Å². The minimum atomic E-state index is -4.17. The van der Waals surface area contributed by atoms with E-state index in [0.29, 0.717) is 12.8 Å². The Kier molecular flexibility index (Phi) is 32.6. The lowest BCUT2D eigenvalue weighted by Crippen LogP contribution is -2.39. The van der Waals surface area contributed by atoms with Gasteiger partial charge in [0.15, 0.2) is 0 Å². The van der Waals surface area contributed by atoms with Crippen LogP contribution < -0.4 is 10.6 Å². The van der Waals surface area contributed by atoms with Gasteiger partial charge in [-0.2, -0.15) is 8.42 Å². The third-order valence-electron chi connectivity index (χ3n) is 8.95. The molecule has 2 amide bonds. The fourth-order valence-corrected chi connectivity index (χ4v) is 6.32. The summed E-state index contributed by atoms with van der Waals surface area (Å²) < 4.78 is 36.1. The van der Waals surface area contributed by atoms with Crippen LogP contribution in [0.25, 0.3) is 0 Å². The summed E-state index contributed by atoms with van der Waals surface area (Å²) in [5.41, 5.74) is 0. The number of hydrogen-bond donors (Lipinski definition) is 3. The molecule has 0 rings (SSSR count). The van der Waals surface area contributed by atoms with Gasteiger partial charge in [-0.15, -0.1) is 0 Å². The number of rotatable bonds is 36. The maximum absolute atomic E-state index is 12.6. The molecule has 0 heterocycles. The molecule has 10 heteroatoms. The minimum absolute atomic E-state index is 0.0130. The monoisotopic (exact) mass is 703 g/mol. The molecule has 0 aromatic rings. The zero-order valence-corrected chi connectivity index (χ0v) is 31.8. The van der Waals surface area contributed by atoms with E-state index in [-0.39, 0.29) is 25.5 Å². The zero-order chi connectivity index (χ0) is 35.6. The number of unbranched alkanes of at least 4 members (excludes halogenated alkanes) is 24. The highest BCUT2D eigenvalue weighted by Crippen LogP contribution is 2.17. The Hall–Kier alpha value is -1.68. The number of carbonyl (C=O) groups is 3. The van der Waals surface area contributed by atoms with Crippen LogP contribution in [0.3, 0.4) is 0 Å². The van der Waals surface area contributed by atoms with E-state index in [0.717, 1.165) is 38.5 Å². The average Bonchev–Trinajstić information content (AvgIpc) is 3.03. The van der Waals surface area contributed by atoms with E-state index in [1.165, 1.54) is 128 Å². The molecule has 0 radical (unpaired) electrons. The molecule has 0 aliphatic carbocycles. The van der Waals surface area contributed by atoms with E-state index in [2.05, 4.69) is 24.5 Å². The maximum Gasteiger partial charge on any atom is 0.306 e. The van der Waals surface area contributed by atoms with Crippen molar-refractivity contribution >= 4 is 27.9 Å². The van der Waals surface area contributed by atoms with E-state index in [4.69, 9.17) is 9.29 Å². The van der Waals surface area contributed by atoms with Crippen LogP contribution in [0.2, 0.25) is 0 Å². The summed E-state index contributed by atoms with van der Waals surface area (Å²) in [5, 5.41) is 4.86. The summed E-state index contributed by atoms with van der Waals surface area (Å²) >= 11 is 0. The lowest BCUT2D eigenvalue weighted by Gasteiger charge is -2.18. The first-order valence-electron chi connectivity index (χ1n) is 19.9. The van der Waals surface area contributed by atoms with Crippen molar-refractivity contribution in [3.05, 3.63) is 0 Å². The Morgan fingerprint density at radius 1 is 0.562 bits per heavy atom. The van der Waals surface area contributed by atoms with Crippen LogP contribution in [-0.2, 0) is 29.2 Å². The van der Waals surface area contributed by atoms with Crippen LogP contribution in [-0.4, -0.2) is 55.7 Å². The Bertz CT molecular complexity index is 882. The number of amides is 2. The van der Waals surface area contributed by atoms with Crippen LogP contribution >= 0.6 is 0 Å². The van der Waals surface area contributed by atoms with Gasteiger partial charge in [-0.05, 0) is 19.3 Å². The largest absolute Gasteiger partial charge is 0.462 e. The SMILES string of the molecule is CCCCCCCCCCCCCCCC(=O)OC(CCCCCCCCCCCCCCC)CC(=O)NCC(=O)NCCS(=O)(=O)O. The van der Waals surface area contributed by atoms with Crippen molar-refractivity contribution in [1.29, 1.82) is 0 Å². The molecular weight excluding hydrogens is 628 g/mol. The van der Waals surface area contributed by atoms with E-state index in [1.807, 2.05) is 0 Å². The fraction of sp³-hybridized carbons (Fsp3) is 0.921. The van der Waals surface area contributed by atoms with Crippen LogP contribution in [0, 0.1) is 0 Å². The molecule has 1 unspecified atom stereocenters. The molecule has 0 bridgehead atoms. The lowest BCUT2D eigenvalue weighted by atomic mass is 10.0. The first-order chi connectivity index (χ1) is 23.2. The van der Waals surface area contributed by atoms with Gasteiger partial charge in [0, 0.05) is 13.0 Å². The number of ether oxygens (including phenoxy) is 1. The van der Waals surface area contributed by atoms with Crippen LogP contribution in [0.15, 0.2) is 0 Å². The van der Waals surface area contributed by atoms with Crippen LogP contribution in [0.4, 0.5) is 0 Å². The Morgan fingerprint density at radius 3 is 1.38 bits per heavy atom. The molecule has 0 saturated carbocycles. The lowest BCUT2D eigenvalue weighted by molar-refractivity contribution is -0.151. The number of esters is 1. The average molecular weight is 703 g/mol. The molecule has 0 aliphatic rings. The van der Waals surface area contributed by atoms with Gasteiger partial charge in [0.05, 0.1) is 18.7 Å². The molecule has 0 fully saturated rings. The number of nitrogens with one attached hydrogen (secondary N) is 2. The predicted molar refractivity (Wildman–Crippen MR) is 198 cm³/mol. The standard InChI is InChI=1S/C38H74N2O7S/c1-3-5-7-9-11-13-15-17-19-21-23-25-27-29-35(33-36(41)40-34-37(42)39-31-32-48(44,45)46)47-38(43)30-28-26-24-22-20-18-16-14-12-10-8-6-4-2/h35H,3-34H2,1-2H3,(H,39,42)(H,40,41)(H,44,45,46). The topological polar surface area (TPSA) is 139 Å². The van der Waals surface area contributed by atoms with E-state index in [1.54, 1.807) is 0 Å². The van der Waals surface area contributed by atoms with E-state index < -0.39 is 33.8 Å². The Labute approximate surface area is 295 Å². The summed E-state index contributed by atoms with van der Waals surface area (Å²) in [7, 11) is -4.17. The summed E-state index contributed by atoms with van der Waals surface area (Å²) in [5.74, 6) is -1.82. The third-order valence-corrected chi connectivity index (χ3v) is 9.67. The summed E-state index contributed by atoms with van der Waals surface area (Å²) in [6.07, 6.45) is 32.7. The van der Waals surface area contributed by atoms with Gasteiger partial charge in [0.25, 0.3) is 10.1 Å². The van der Waals surface area contributed by atoms with Crippen molar-refractivity contribution in [3.8, 4) is 0 Å². The van der Waals surface area contributed by atoms with Crippen molar-refractivity contribution in [2.24, 2.45) is 0 Å². The van der Waals surface area contributed by atoms with Crippen molar-refractivity contribution < 1.29 is 32.1 Å². The zero-order valence-electron chi connectivity index (χ0n) is 31.0. The molecule has 0 spiro atoms. The molecule has 48 heavy (non-hydrogen) atoms. The van der Waals surface area contributed by atoms with Gasteiger partial charge in [0.1, 0.15) is 6.10 Å². The smallest absolute Gasteiger partial charge is 0.306 e. The predicted octanol–water partition coefficient (Wildman–Crippen LogP) is 9.37. The Morgan fingerprint density at radius 2 is 0.958 bits per heavy atom. The fourth-order valence-electron chi connectivity index (χ4n) is 5.96. The van der Waals surface area contributed by atoms with Crippen LogP contribution in [0.5, 0.6) is 0 Å². The van der Waals surface area contributed by atoms with E-state index in [9.17, 15) is 22.8 Å². The normalized spacial score (nSPS) is 12.1.